The second kappa shape index (κ2) is 10.7. The number of aryl methyl sites for hydroxylation is 1. The molecule has 0 bridgehead atoms. The van der Waals surface area contributed by atoms with Crippen LogP contribution in [0.15, 0.2) is 18.2 Å². The van der Waals surface area contributed by atoms with Crippen LogP contribution in [0.2, 0.25) is 0 Å². The van der Waals surface area contributed by atoms with Crippen molar-refractivity contribution in [3.63, 3.8) is 0 Å². The van der Waals surface area contributed by atoms with Crippen LogP contribution in [0.5, 0.6) is 5.75 Å². The lowest BCUT2D eigenvalue weighted by Gasteiger charge is -2.10. The quantitative estimate of drug-likeness (QED) is 0.633. The van der Waals surface area contributed by atoms with E-state index in [0.29, 0.717) is 13.2 Å². The van der Waals surface area contributed by atoms with Crippen molar-refractivity contribution in [1.29, 1.82) is 0 Å². The van der Waals surface area contributed by atoms with Crippen LogP contribution in [0.3, 0.4) is 0 Å². The molecule has 0 heterocycles. The van der Waals surface area contributed by atoms with Gasteiger partial charge in [0.05, 0.1) is 20.3 Å². The molecule has 0 aromatic heterocycles. The highest BCUT2D eigenvalue weighted by atomic mass is 16.5. The van der Waals surface area contributed by atoms with Crippen molar-refractivity contribution in [2.45, 2.75) is 26.3 Å². The van der Waals surface area contributed by atoms with E-state index in [1.54, 1.807) is 14.2 Å². The van der Waals surface area contributed by atoms with Crippen LogP contribution in [0.4, 0.5) is 0 Å². The molecule has 0 aliphatic rings. The van der Waals surface area contributed by atoms with E-state index in [0.717, 1.165) is 38.3 Å². The second-order valence-corrected chi connectivity index (χ2v) is 4.80. The SMILES string of the molecule is COCCOCCCCNCc1cc(C)ccc1OC. The summed E-state index contributed by atoms with van der Waals surface area (Å²) in [6, 6.07) is 6.26. The first-order valence-electron chi connectivity index (χ1n) is 7.19. The summed E-state index contributed by atoms with van der Waals surface area (Å²) in [5.41, 5.74) is 2.47. The summed E-state index contributed by atoms with van der Waals surface area (Å²) in [6.07, 6.45) is 2.18. The van der Waals surface area contributed by atoms with Gasteiger partial charge in [-0.25, -0.2) is 0 Å². The van der Waals surface area contributed by atoms with E-state index in [1.165, 1.54) is 11.1 Å². The minimum Gasteiger partial charge on any atom is -0.496 e. The molecule has 0 aliphatic heterocycles. The van der Waals surface area contributed by atoms with Crippen molar-refractivity contribution < 1.29 is 14.2 Å². The zero-order chi connectivity index (χ0) is 14.6. The van der Waals surface area contributed by atoms with Crippen LogP contribution in [0.1, 0.15) is 24.0 Å². The standard InChI is InChI=1S/C16H27NO3/c1-14-6-7-16(19-3)15(12-14)13-17-8-4-5-9-20-11-10-18-2/h6-7,12,17H,4-5,8-11,13H2,1-3H3. The number of nitrogens with one attached hydrogen (secondary N) is 1. The zero-order valence-electron chi connectivity index (χ0n) is 12.9. The van der Waals surface area contributed by atoms with Gasteiger partial charge >= 0.3 is 0 Å². The minimum atomic E-state index is 0.672. The van der Waals surface area contributed by atoms with Crippen molar-refractivity contribution in [2.24, 2.45) is 0 Å². The summed E-state index contributed by atoms with van der Waals surface area (Å²) in [5, 5.41) is 3.45. The average molecular weight is 281 g/mol. The lowest BCUT2D eigenvalue weighted by molar-refractivity contribution is 0.0688. The number of methoxy groups -OCH3 is 2. The molecule has 0 atom stereocenters. The van der Waals surface area contributed by atoms with Crippen LogP contribution in [-0.4, -0.2) is 40.6 Å². The largest absolute Gasteiger partial charge is 0.496 e. The molecule has 0 spiro atoms. The third kappa shape index (κ3) is 6.89. The molecule has 0 fully saturated rings. The minimum absolute atomic E-state index is 0.672. The summed E-state index contributed by atoms with van der Waals surface area (Å²) < 4.78 is 15.7. The van der Waals surface area contributed by atoms with Crippen LogP contribution < -0.4 is 10.1 Å². The van der Waals surface area contributed by atoms with Gasteiger partial charge in [0.15, 0.2) is 0 Å². The molecule has 0 saturated carbocycles. The van der Waals surface area contributed by atoms with Crippen molar-refractivity contribution in [3.05, 3.63) is 29.3 Å². The molecule has 1 aromatic rings. The third-order valence-electron chi connectivity index (χ3n) is 3.08. The van der Waals surface area contributed by atoms with Gasteiger partial charge in [-0.1, -0.05) is 17.7 Å². The van der Waals surface area contributed by atoms with E-state index in [1.807, 2.05) is 6.07 Å². The lowest BCUT2D eigenvalue weighted by atomic mass is 10.1. The number of benzene rings is 1. The third-order valence-corrected chi connectivity index (χ3v) is 3.08. The summed E-state index contributed by atoms with van der Waals surface area (Å²) >= 11 is 0. The maximum absolute atomic E-state index is 5.42. The van der Waals surface area contributed by atoms with E-state index < -0.39 is 0 Å². The molecule has 0 saturated heterocycles. The Bertz CT molecular complexity index is 369. The highest BCUT2D eigenvalue weighted by molar-refractivity contribution is 5.36. The maximum atomic E-state index is 5.42. The Morgan fingerprint density at radius 2 is 1.90 bits per heavy atom. The van der Waals surface area contributed by atoms with Crippen molar-refractivity contribution in [3.8, 4) is 5.75 Å². The second-order valence-electron chi connectivity index (χ2n) is 4.80. The summed E-state index contributed by atoms with van der Waals surface area (Å²) in [6.45, 7) is 6.09. The molecular weight excluding hydrogens is 254 g/mol. The summed E-state index contributed by atoms with van der Waals surface area (Å²) in [7, 11) is 3.40. The van der Waals surface area contributed by atoms with Gasteiger partial charge in [-0.2, -0.15) is 0 Å². The molecule has 0 radical (unpaired) electrons. The van der Waals surface area contributed by atoms with Crippen LogP contribution in [-0.2, 0) is 16.0 Å². The molecule has 0 aliphatic carbocycles. The predicted molar refractivity (Wildman–Crippen MR) is 81.4 cm³/mol. The average Bonchev–Trinajstić information content (AvgIpc) is 2.46. The van der Waals surface area contributed by atoms with E-state index >= 15 is 0 Å². The van der Waals surface area contributed by atoms with Gasteiger partial charge in [0.1, 0.15) is 5.75 Å². The van der Waals surface area contributed by atoms with Crippen molar-refractivity contribution >= 4 is 0 Å². The van der Waals surface area contributed by atoms with E-state index in [9.17, 15) is 0 Å². The topological polar surface area (TPSA) is 39.7 Å². The fourth-order valence-corrected chi connectivity index (χ4v) is 1.97. The summed E-state index contributed by atoms with van der Waals surface area (Å²) in [5.74, 6) is 0.950. The molecule has 0 unspecified atom stereocenters. The van der Waals surface area contributed by atoms with Gasteiger partial charge in [-0.15, -0.1) is 0 Å². The predicted octanol–water partition coefficient (Wildman–Crippen LogP) is 2.54. The normalized spacial score (nSPS) is 10.8. The van der Waals surface area contributed by atoms with E-state index in [4.69, 9.17) is 14.2 Å². The lowest BCUT2D eigenvalue weighted by Crippen LogP contribution is -2.16. The van der Waals surface area contributed by atoms with Crippen LogP contribution >= 0.6 is 0 Å². The van der Waals surface area contributed by atoms with E-state index in [-0.39, 0.29) is 0 Å². The van der Waals surface area contributed by atoms with Gasteiger partial charge in [-0.3, -0.25) is 0 Å². The van der Waals surface area contributed by atoms with Crippen LogP contribution in [0, 0.1) is 6.92 Å². The molecule has 4 nitrogen and oxygen atoms in total. The van der Waals surface area contributed by atoms with Gasteiger partial charge in [0, 0.05) is 25.8 Å². The maximum Gasteiger partial charge on any atom is 0.123 e. The smallest absolute Gasteiger partial charge is 0.123 e. The van der Waals surface area contributed by atoms with Crippen LogP contribution in [0.25, 0.3) is 0 Å². The first kappa shape index (κ1) is 17.0. The van der Waals surface area contributed by atoms with Crippen molar-refractivity contribution in [2.75, 3.05) is 40.6 Å². The first-order valence-corrected chi connectivity index (χ1v) is 7.19. The Balaban J connectivity index is 2.10. The van der Waals surface area contributed by atoms with Gasteiger partial charge in [0.2, 0.25) is 0 Å². The molecule has 1 N–H and O–H groups in total. The zero-order valence-corrected chi connectivity index (χ0v) is 12.9. The highest BCUT2D eigenvalue weighted by Crippen LogP contribution is 2.19. The Hall–Kier alpha value is -1.10. The number of ether oxygens (including phenoxy) is 3. The van der Waals surface area contributed by atoms with E-state index in [2.05, 4.69) is 24.4 Å². The molecule has 0 amide bonds. The molecular formula is C16H27NO3. The Kier molecular flexibility index (Phi) is 9.04. The molecule has 4 heteroatoms. The molecule has 1 rings (SSSR count). The van der Waals surface area contributed by atoms with Gasteiger partial charge < -0.3 is 19.5 Å². The number of hydrogen-bond donors (Lipinski definition) is 1. The Labute approximate surface area is 122 Å². The monoisotopic (exact) mass is 281 g/mol. The fourth-order valence-electron chi connectivity index (χ4n) is 1.97. The molecule has 114 valence electrons. The molecule has 1 aromatic carbocycles. The Morgan fingerprint density at radius 3 is 2.65 bits per heavy atom. The van der Waals surface area contributed by atoms with Gasteiger partial charge in [0.25, 0.3) is 0 Å². The summed E-state index contributed by atoms with van der Waals surface area (Å²) in [4.78, 5) is 0. The number of unbranched alkanes of at least 4 members (excludes halogenated alkanes) is 1. The molecule has 20 heavy (non-hydrogen) atoms. The highest BCUT2D eigenvalue weighted by Gasteiger charge is 2.02. The van der Waals surface area contributed by atoms with Crippen molar-refractivity contribution in [1.82, 2.24) is 5.32 Å². The Morgan fingerprint density at radius 1 is 1.05 bits per heavy atom. The number of rotatable bonds is 11. The first-order chi connectivity index (χ1) is 9.77. The fraction of sp³-hybridized carbons (Fsp3) is 0.625. The number of hydrogen-bond acceptors (Lipinski definition) is 4. The van der Waals surface area contributed by atoms with Gasteiger partial charge in [-0.05, 0) is 32.4 Å².